The van der Waals surface area contributed by atoms with Crippen LogP contribution in [0.5, 0.6) is 11.5 Å². The molecule has 1 aliphatic rings. The first-order valence-electron chi connectivity index (χ1n) is 6.96. The quantitative estimate of drug-likeness (QED) is 0.852. The molecule has 0 radical (unpaired) electrons. The van der Waals surface area contributed by atoms with Crippen LogP contribution in [0, 0.1) is 0 Å². The number of nitrogens with two attached hydrogens (primary N) is 1. The van der Waals surface area contributed by atoms with Crippen LogP contribution >= 0.6 is 0 Å². The van der Waals surface area contributed by atoms with E-state index in [1.807, 2.05) is 12.3 Å². The molecule has 1 aromatic heterocycles. The molecule has 0 bridgehead atoms. The number of hydrogen-bond acceptors (Lipinski definition) is 4. The number of carbonyl (C=O) groups is 1. The molecule has 21 heavy (non-hydrogen) atoms. The van der Waals surface area contributed by atoms with Gasteiger partial charge in [0.2, 0.25) is 5.91 Å². The summed E-state index contributed by atoms with van der Waals surface area (Å²) >= 11 is 0. The van der Waals surface area contributed by atoms with Gasteiger partial charge in [0.1, 0.15) is 11.5 Å². The predicted molar refractivity (Wildman–Crippen MR) is 79.1 cm³/mol. The fourth-order valence-electron chi connectivity index (χ4n) is 1.99. The van der Waals surface area contributed by atoms with E-state index in [4.69, 9.17) is 10.5 Å². The Kier molecular flexibility index (Phi) is 3.83. The van der Waals surface area contributed by atoms with Crippen LogP contribution in [-0.4, -0.2) is 16.9 Å². The molecule has 2 aromatic rings. The van der Waals surface area contributed by atoms with Gasteiger partial charge in [-0.25, -0.2) is 0 Å². The zero-order valence-corrected chi connectivity index (χ0v) is 11.6. The van der Waals surface area contributed by atoms with Crippen LogP contribution in [0.15, 0.2) is 42.7 Å². The third kappa shape index (κ3) is 3.79. The maximum Gasteiger partial charge on any atom is 0.248 e. The first-order valence-corrected chi connectivity index (χ1v) is 6.96. The van der Waals surface area contributed by atoms with Crippen molar-refractivity contribution in [3.63, 3.8) is 0 Å². The lowest BCUT2D eigenvalue weighted by atomic mass is 10.2. The second-order valence-corrected chi connectivity index (χ2v) is 5.17. The lowest BCUT2D eigenvalue weighted by Crippen LogP contribution is -2.15. The maximum atomic E-state index is 11.0. The molecule has 3 N–H and O–H groups in total. The number of aromatic nitrogens is 1. The number of nitrogens with zero attached hydrogens (tertiary/aromatic N) is 1. The van der Waals surface area contributed by atoms with E-state index >= 15 is 0 Å². The van der Waals surface area contributed by atoms with Gasteiger partial charge in [0.25, 0.3) is 0 Å². The normalized spacial score (nSPS) is 13.9. The second kappa shape index (κ2) is 5.93. The number of primary amides is 1. The Balaban J connectivity index is 1.65. The Hall–Kier alpha value is -2.40. The van der Waals surface area contributed by atoms with Crippen molar-refractivity contribution in [1.82, 2.24) is 10.3 Å². The first kappa shape index (κ1) is 13.6. The molecule has 0 spiro atoms. The van der Waals surface area contributed by atoms with E-state index in [0.717, 1.165) is 12.1 Å². The van der Waals surface area contributed by atoms with Crippen molar-refractivity contribution in [2.24, 2.45) is 5.73 Å². The van der Waals surface area contributed by atoms with Crippen molar-refractivity contribution in [3.8, 4) is 11.5 Å². The monoisotopic (exact) mass is 283 g/mol. The maximum absolute atomic E-state index is 11.0. The summed E-state index contributed by atoms with van der Waals surface area (Å²) in [5.41, 5.74) is 6.75. The molecule has 0 aliphatic heterocycles. The molecule has 1 amide bonds. The predicted octanol–water partition coefficient (Wildman–Crippen LogP) is 2.22. The van der Waals surface area contributed by atoms with Crippen LogP contribution in [0.1, 0.15) is 28.8 Å². The van der Waals surface area contributed by atoms with Crippen LogP contribution in [0.25, 0.3) is 0 Å². The van der Waals surface area contributed by atoms with Crippen molar-refractivity contribution in [1.29, 1.82) is 0 Å². The SMILES string of the molecule is NC(=O)c1ccc(Oc2cncc(CNC3CC3)c2)cc1. The molecule has 1 aliphatic carbocycles. The van der Waals surface area contributed by atoms with Crippen molar-refractivity contribution in [3.05, 3.63) is 53.9 Å². The van der Waals surface area contributed by atoms with E-state index in [-0.39, 0.29) is 0 Å². The number of pyridine rings is 1. The average Bonchev–Trinajstić information content (AvgIpc) is 3.30. The molecule has 108 valence electrons. The van der Waals surface area contributed by atoms with E-state index in [1.54, 1.807) is 30.5 Å². The van der Waals surface area contributed by atoms with Crippen molar-refractivity contribution >= 4 is 5.91 Å². The molecule has 0 atom stereocenters. The van der Waals surface area contributed by atoms with Gasteiger partial charge in [-0.2, -0.15) is 0 Å². The summed E-state index contributed by atoms with van der Waals surface area (Å²) in [6.07, 6.45) is 6.02. The largest absolute Gasteiger partial charge is 0.456 e. The topological polar surface area (TPSA) is 77.2 Å². The van der Waals surface area contributed by atoms with Gasteiger partial charge < -0.3 is 15.8 Å². The number of benzene rings is 1. The van der Waals surface area contributed by atoms with Gasteiger partial charge >= 0.3 is 0 Å². The molecule has 1 saturated carbocycles. The van der Waals surface area contributed by atoms with E-state index < -0.39 is 5.91 Å². The van der Waals surface area contributed by atoms with Crippen LogP contribution in [-0.2, 0) is 6.54 Å². The second-order valence-electron chi connectivity index (χ2n) is 5.17. The number of amides is 1. The summed E-state index contributed by atoms with van der Waals surface area (Å²) in [4.78, 5) is 15.2. The van der Waals surface area contributed by atoms with Gasteiger partial charge in [0.15, 0.2) is 0 Å². The summed E-state index contributed by atoms with van der Waals surface area (Å²) in [7, 11) is 0. The molecule has 3 rings (SSSR count). The van der Waals surface area contributed by atoms with Crippen molar-refractivity contribution in [2.45, 2.75) is 25.4 Å². The minimum atomic E-state index is -0.448. The Labute approximate surface area is 123 Å². The van der Waals surface area contributed by atoms with E-state index in [9.17, 15) is 4.79 Å². The number of hydrogen-bond donors (Lipinski definition) is 2. The minimum absolute atomic E-state index is 0.448. The molecule has 1 fully saturated rings. The van der Waals surface area contributed by atoms with Gasteiger partial charge in [0, 0.05) is 24.3 Å². The van der Waals surface area contributed by atoms with Gasteiger partial charge in [0.05, 0.1) is 6.20 Å². The third-order valence-corrected chi connectivity index (χ3v) is 3.32. The van der Waals surface area contributed by atoms with Gasteiger partial charge in [-0.3, -0.25) is 9.78 Å². The fourth-order valence-corrected chi connectivity index (χ4v) is 1.99. The highest BCUT2D eigenvalue weighted by Gasteiger charge is 2.19. The Bertz CT molecular complexity index is 636. The summed E-state index contributed by atoms with van der Waals surface area (Å²) in [6, 6.07) is 9.35. The van der Waals surface area contributed by atoms with Crippen LogP contribution < -0.4 is 15.8 Å². The summed E-state index contributed by atoms with van der Waals surface area (Å²) in [6.45, 7) is 0.801. The van der Waals surface area contributed by atoms with Crippen molar-refractivity contribution in [2.75, 3.05) is 0 Å². The van der Waals surface area contributed by atoms with Gasteiger partial charge in [-0.05, 0) is 48.7 Å². The first-order chi connectivity index (χ1) is 10.2. The zero-order valence-electron chi connectivity index (χ0n) is 11.6. The van der Waals surface area contributed by atoms with E-state index in [0.29, 0.717) is 23.1 Å². The lowest BCUT2D eigenvalue weighted by Gasteiger charge is -2.08. The number of ether oxygens (including phenoxy) is 1. The number of carbonyl (C=O) groups excluding carboxylic acids is 1. The molecule has 0 saturated heterocycles. The number of nitrogens with one attached hydrogen (secondary N) is 1. The minimum Gasteiger partial charge on any atom is -0.456 e. The lowest BCUT2D eigenvalue weighted by molar-refractivity contribution is 0.100. The third-order valence-electron chi connectivity index (χ3n) is 3.32. The van der Waals surface area contributed by atoms with Crippen molar-refractivity contribution < 1.29 is 9.53 Å². The van der Waals surface area contributed by atoms with E-state index in [1.165, 1.54) is 12.8 Å². The average molecular weight is 283 g/mol. The molecule has 1 heterocycles. The fraction of sp³-hybridized carbons (Fsp3) is 0.250. The molecule has 5 heteroatoms. The highest BCUT2D eigenvalue weighted by molar-refractivity contribution is 5.92. The standard InChI is InChI=1S/C16H17N3O2/c17-16(20)12-1-5-14(6-2-12)21-15-7-11(8-18-10-15)9-19-13-3-4-13/h1-2,5-8,10,13,19H,3-4,9H2,(H2,17,20). The van der Waals surface area contributed by atoms with Crippen LogP contribution in [0.4, 0.5) is 0 Å². The van der Waals surface area contributed by atoms with Gasteiger partial charge in [-0.15, -0.1) is 0 Å². The highest BCUT2D eigenvalue weighted by Crippen LogP contribution is 2.23. The van der Waals surface area contributed by atoms with Crippen LogP contribution in [0.3, 0.4) is 0 Å². The zero-order chi connectivity index (χ0) is 14.7. The molecular formula is C16H17N3O2. The summed E-state index contributed by atoms with van der Waals surface area (Å²) in [5, 5.41) is 3.44. The summed E-state index contributed by atoms with van der Waals surface area (Å²) in [5.74, 6) is 0.877. The Morgan fingerprint density at radius 1 is 1.24 bits per heavy atom. The van der Waals surface area contributed by atoms with Crippen LogP contribution in [0.2, 0.25) is 0 Å². The Morgan fingerprint density at radius 3 is 2.67 bits per heavy atom. The van der Waals surface area contributed by atoms with E-state index in [2.05, 4.69) is 10.3 Å². The molecular weight excluding hydrogens is 266 g/mol. The Morgan fingerprint density at radius 2 is 2.00 bits per heavy atom. The molecule has 5 nitrogen and oxygen atoms in total. The summed E-state index contributed by atoms with van der Waals surface area (Å²) < 4.78 is 5.73. The molecule has 1 aromatic carbocycles. The molecule has 0 unspecified atom stereocenters. The number of rotatable bonds is 6. The highest BCUT2D eigenvalue weighted by atomic mass is 16.5. The smallest absolute Gasteiger partial charge is 0.248 e. The van der Waals surface area contributed by atoms with Gasteiger partial charge in [-0.1, -0.05) is 0 Å².